The highest BCUT2D eigenvalue weighted by Crippen LogP contribution is 2.27. The molecule has 0 aromatic heterocycles. The summed E-state index contributed by atoms with van der Waals surface area (Å²) in [5, 5.41) is 3.20. The highest BCUT2D eigenvalue weighted by molar-refractivity contribution is 9.10. The van der Waals surface area contributed by atoms with Gasteiger partial charge in [0.15, 0.2) is 0 Å². The van der Waals surface area contributed by atoms with Crippen LogP contribution >= 0.6 is 27.5 Å². The second-order valence-electron chi connectivity index (χ2n) is 9.27. The molecule has 0 aliphatic heterocycles. The lowest BCUT2D eigenvalue weighted by molar-refractivity contribution is -0.139. The monoisotopic (exact) mass is 619 g/mol. The van der Waals surface area contributed by atoms with Crippen LogP contribution in [0.4, 0.5) is 5.69 Å². The molecule has 0 aliphatic rings. The van der Waals surface area contributed by atoms with E-state index >= 15 is 0 Å². The van der Waals surface area contributed by atoms with Gasteiger partial charge in [-0.15, -0.1) is 0 Å². The van der Waals surface area contributed by atoms with E-state index in [9.17, 15) is 18.0 Å². The van der Waals surface area contributed by atoms with E-state index in [0.29, 0.717) is 11.6 Å². The summed E-state index contributed by atoms with van der Waals surface area (Å²) in [6.07, 6.45) is 0. The standard InChI is InChI=1S/C28H31BrClN3O4S/c1-20(2)17-31-28(35)21(3)32(18-22-9-7-10-23(29)15-22)27(34)19-33(25-12-8-11-24(30)16-25)38(36,37)26-13-5-4-6-14-26/h4-16,20-21H,17-19H2,1-3H3,(H,31,35)/t21-/m0/s1. The fraction of sp³-hybridized carbons (Fsp3) is 0.286. The molecule has 7 nitrogen and oxygen atoms in total. The Bertz CT molecular complexity index is 1370. The number of carbonyl (C=O) groups is 2. The number of nitrogens with one attached hydrogen (secondary N) is 1. The third kappa shape index (κ3) is 7.82. The van der Waals surface area contributed by atoms with E-state index in [4.69, 9.17) is 11.6 Å². The van der Waals surface area contributed by atoms with Gasteiger partial charge in [-0.2, -0.15) is 0 Å². The maximum atomic E-state index is 13.9. The van der Waals surface area contributed by atoms with Crippen molar-refractivity contribution in [1.29, 1.82) is 0 Å². The molecule has 0 unspecified atom stereocenters. The summed E-state index contributed by atoms with van der Waals surface area (Å²) in [6.45, 7) is 5.65. The molecule has 0 fully saturated rings. The Kier molecular flexibility index (Phi) is 10.4. The Labute approximate surface area is 238 Å². The molecule has 3 aromatic rings. The molecule has 0 heterocycles. The van der Waals surface area contributed by atoms with E-state index in [2.05, 4.69) is 21.2 Å². The Hall–Kier alpha value is -2.88. The molecule has 0 bridgehead atoms. The van der Waals surface area contributed by atoms with E-state index in [1.165, 1.54) is 23.1 Å². The number of rotatable bonds is 11. The summed E-state index contributed by atoms with van der Waals surface area (Å²) >= 11 is 9.63. The molecule has 0 saturated heterocycles. The number of anilines is 1. The molecule has 0 radical (unpaired) electrons. The van der Waals surface area contributed by atoms with Crippen LogP contribution < -0.4 is 9.62 Å². The first-order valence-corrected chi connectivity index (χ1v) is 14.7. The highest BCUT2D eigenvalue weighted by Gasteiger charge is 2.32. The molecule has 0 aliphatic carbocycles. The largest absolute Gasteiger partial charge is 0.354 e. The van der Waals surface area contributed by atoms with Gasteiger partial charge in [0, 0.05) is 22.6 Å². The number of nitrogens with zero attached hydrogens (tertiary/aromatic N) is 2. The van der Waals surface area contributed by atoms with Crippen LogP contribution in [0.1, 0.15) is 26.3 Å². The normalized spacial score (nSPS) is 12.2. The summed E-state index contributed by atoms with van der Waals surface area (Å²) < 4.78 is 29.3. The highest BCUT2D eigenvalue weighted by atomic mass is 79.9. The number of hydrogen-bond donors (Lipinski definition) is 1. The molecule has 202 valence electrons. The Morgan fingerprint density at radius 3 is 2.26 bits per heavy atom. The average molecular weight is 621 g/mol. The topological polar surface area (TPSA) is 86.8 Å². The zero-order valence-corrected chi connectivity index (χ0v) is 24.6. The first-order valence-electron chi connectivity index (χ1n) is 12.1. The number of hydrogen-bond acceptors (Lipinski definition) is 4. The SMILES string of the molecule is CC(C)CNC(=O)[C@H](C)N(Cc1cccc(Br)c1)C(=O)CN(c1cccc(Cl)c1)S(=O)(=O)c1ccccc1. The van der Waals surface area contributed by atoms with Gasteiger partial charge in [-0.1, -0.05) is 77.8 Å². The van der Waals surface area contributed by atoms with Crippen LogP contribution in [0.5, 0.6) is 0 Å². The van der Waals surface area contributed by atoms with Gasteiger partial charge in [0.2, 0.25) is 11.8 Å². The van der Waals surface area contributed by atoms with Gasteiger partial charge < -0.3 is 10.2 Å². The summed E-state index contributed by atoms with van der Waals surface area (Å²) in [5.74, 6) is -0.617. The minimum atomic E-state index is -4.13. The second-order valence-corrected chi connectivity index (χ2v) is 12.5. The molecule has 0 saturated carbocycles. The molecule has 10 heteroatoms. The summed E-state index contributed by atoms with van der Waals surface area (Å²) in [4.78, 5) is 28.3. The maximum Gasteiger partial charge on any atom is 0.264 e. The number of amides is 2. The van der Waals surface area contributed by atoms with Gasteiger partial charge in [0.05, 0.1) is 10.6 Å². The van der Waals surface area contributed by atoms with Gasteiger partial charge in [-0.05, 0) is 60.9 Å². The van der Waals surface area contributed by atoms with Crippen molar-refractivity contribution in [2.45, 2.75) is 38.3 Å². The fourth-order valence-electron chi connectivity index (χ4n) is 3.75. The van der Waals surface area contributed by atoms with Gasteiger partial charge >= 0.3 is 0 Å². The van der Waals surface area contributed by atoms with Crippen molar-refractivity contribution in [1.82, 2.24) is 10.2 Å². The lowest BCUT2D eigenvalue weighted by atomic mass is 10.1. The summed E-state index contributed by atoms with van der Waals surface area (Å²) in [7, 11) is -4.13. The lowest BCUT2D eigenvalue weighted by Crippen LogP contribution is -2.51. The van der Waals surface area contributed by atoms with Crippen LogP contribution in [-0.4, -0.2) is 44.3 Å². The van der Waals surface area contributed by atoms with Crippen molar-refractivity contribution in [2.75, 3.05) is 17.4 Å². The van der Waals surface area contributed by atoms with Crippen LogP contribution in [0.15, 0.2) is 88.2 Å². The average Bonchev–Trinajstić information content (AvgIpc) is 2.88. The van der Waals surface area contributed by atoms with Crippen LogP contribution in [0, 0.1) is 5.92 Å². The molecule has 1 atom stereocenters. The quantitative estimate of drug-likeness (QED) is 0.307. The van der Waals surface area contributed by atoms with Crippen molar-refractivity contribution >= 4 is 55.1 Å². The van der Waals surface area contributed by atoms with Gasteiger partial charge in [-0.25, -0.2) is 8.42 Å². The zero-order chi connectivity index (χ0) is 27.9. The zero-order valence-electron chi connectivity index (χ0n) is 21.5. The van der Waals surface area contributed by atoms with Crippen LogP contribution in [0.2, 0.25) is 5.02 Å². The van der Waals surface area contributed by atoms with Crippen molar-refractivity contribution in [2.24, 2.45) is 5.92 Å². The van der Waals surface area contributed by atoms with Crippen molar-refractivity contribution in [3.05, 3.63) is 93.9 Å². The number of halogens is 2. The van der Waals surface area contributed by atoms with E-state index in [-0.39, 0.29) is 29.0 Å². The van der Waals surface area contributed by atoms with Crippen molar-refractivity contribution < 1.29 is 18.0 Å². The molecule has 2 amide bonds. The third-order valence-electron chi connectivity index (χ3n) is 5.80. The lowest BCUT2D eigenvalue weighted by Gasteiger charge is -2.32. The number of benzene rings is 3. The molecule has 38 heavy (non-hydrogen) atoms. The fourth-order valence-corrected chi connectivity index (χ4v) is 5.80. The first kappa shape index (κ1) is 29.7. The van der Waals surface area contributed by atoms with Gasteiger partial charge in [0.25, 0.3) is 10.0 Å². The maximum absolute atomic E-state index is 13.9. The molecular formula is C28H31BrClN3O4S. The molecular weight excluding hydrogens is 590 g/mol. The first-order chi connectivity index (χ1) is 18.0. The third-order valence-corrected chi connectivity index (χ3v) is 8.32. The minimum Gasteiger partial charge on any atom is -0.354 e. The number of sulfonamides is 1. The Balaban J connectivity index is 2.00. The second kappa shape index (κ2) is 13.3. The van der Waals surface area contributed by atoms with Gasteiger partial charge in [0.1, 0.15) is 12.6 Å². The van der Waals surface area contributed by atoms with E-state index < -0.39 is 28.5 Å². The molecule has 0 spiro atoms. The summed E-state index contributed by atoms with van der Waals surface area (Å²) in [6, 6.07) is 20.8. The van der Waals surface area contributed by atoms with Crippen LogP contribution in [0.25, 0.3) is 0 Å². The molecule has 1 N–H and O–H groups in total. The van der Waals surface area contributed by atoms with E-state index in [1.54, 1.807) is 43.3 Å². The molecule has 3 rings (SSSR count). The van der Waals surface area contributed by atoms with Gasteiger partial charge in [-0.3, -0.25) is 13.9 Å². The minimum absolute atomic E-state index is 0.0361. The van der Waals surface area contributed by atoms with Crippen LogP contribution in [0.3, 0.4) is 0 Å². The van der Waals surface area contributed by atoms with Crippen LogP contribution in [-0.2, 0) is 26.2 Å². The Morgan fingerprint density at radius 2 is 1.63 bits per heavy atom. The van der Waals surface area contributed by atoms with E-state index in [1.807, 2.05) is 38.1 Å². The predicted molar refractivity (Wildman–Crippen MR) is 154 cm³/mol. The summed E-state index contributed by atoms with van der Waals surface area (Å²) in [5.41, 5.74) is 1.03. The predicted octanol–water partition coefficient (Wildman–Crippen LogP) is 5.49. The van der Waals surface area contributed by atoms with E-state index in [0.717, 1.165) is 14.3 Å². The number of carbonyl (C=O) groups excluding carboxylic acids is 2. The van der Waals surface area contributed by atoms with Crippen molar-refractivity contribution in [3.8, 4) is 0 Å². The van der Waals surface area contributed by atoms with Crippen molar-refractivity contribution in [3.63, 3.8) is 0 Å². The molecule has 3 aromatic carbocycles. The Morgan fingerprint density at radius 1 is 0.947 bits per heavy atom. The smallest absolute Gasteiger partial charge is 0.264 e.